The summed E-state index contributed by atoms with van der Waals surface area (Å²) in [5.74, 6) is -0.123. The van der Waals surface area contributed by atoms with Gasteiger partial charge in [-0.25, -0.2) is 0 Å². The van der Waals surface area contributed by atoms with Gasteiger partial charge >= 0.3 is 0 Å². The van der Waals surface area contributed by atoms with Crippen LogP contribution in [0.3, 0.4) is 0 Å². The fourth-order valence-electron chi connectivity index (χ4n) is 3.57. The summed E-state index contributed by atoms with van der Waals surface area (Å²) in [4.78, 5) is 33.6. The van der Waals surface area contributed by atoms with Crippen LogP contribution in [0.15, 0.2) is 18.2 Å². The number of rotatable bonds is 4. The van der Waals surface area contributed by atoms with Crippen molar-refractivity contribution in [1.82, 2.24) is 14.8 Å². The Bertz CT molecular complexity index is 858. The number of benzene rings is 1. The molecule has 0 radical (unpaired) electrons. The van der Waals surface area contributed by atoms with E-state index >= 15 is 0 Å². The lowest BCUT2D eigenvalue weighted by atomic mass is 9.89. The number of aromatic nitrogens is 1. The fourth-order valence-corrected chi connectivity index (χ4v) is 3.57. The van der Waals surface area contributed by atoms with Crippen molar-refractivity contribution in [3.05, 3.63) is 40.6 Å². The third-order valence-electron chi connectivity index (χ3n) is 5.13. The van der Waals surface area contributed by atoms with Crippen LogP contribution in [0.2, 0.25) is 0 Å². The van der Waals surface area contributed by atoms with E-state index in [2.05, 4.69) is 0 Å². The first kappa shape index (κ1) is 18.4. The number of nitrogens with zero attached hydrogens (tertiary/aromatic N) is 3. The number of pyridine rings is 1. The first-order valence-electron chi connectivity index (χ1n) is 9.34. The van der Waals surface area contributed by atoms with E-state index in [0.29, 0.717) is 6.54 Å². The molecule has 0 atom stereocenters. The fraction of sp³-hybridized carbons (Fsp3) is 0.476. The molecule has 2 aromatic rings. The molecular weight excluding hydrogens is 326 g/mol. The molecule has 26 heavy (non-hydrogen) atoms. The predicted molar refractivity (Wildman–Crippen MR) is 103 cm³/mol. The van der Waals surface area contributed by atoms with E-state index in [1.54, 1.807) is 19.0 Å². The van der Waals surface area contributed by atoms with E-state index in [9.17, 15) is 9.59 Å². The molecule has 2 amide bonds. The van der Waals surface area contributed by atoms with Gasteiger partial charge < -0.3 is 9.80 Å². The topological polar surface area (TPSA) is 53.5 Å². The van der Waals surface area contributed by atoms with Crippen LogP contribution in [-0.4, -0.2) is 53.8 Å². The normalized spacial score (nSPS) is 13.4. The van der Waals surface area contributed by atoms with Crippen LogP contribution in [0, 0.1) is 6.92 Å². The van der Waals surface area contributed by atoms with Gasteiger partial charge in [0.25, 0.3) is 5.91 Å². The van der Waals surface area contributed by atoms with Gasteiger partial charge in [-0.15, -0.1) is 0 Å². The van der Waals surface area contributed by atoms with Crippen LogP contribution in [0.25, 0.3) is 10.9 Å². The third kappa shape index (κ3) is 3.43. The molecule has 1 aliphatic carbocycles. The largest absolute Gasteiger partial charge is 0.347 e. The summed E-state index contributed by atoms with van der Waals surface area (Å²) in [6.45, 7) is 4.55. The van der Waals surface area contributed by atoms with Crippen molar-refractivity contribution in [3.8, 4) is 0 Å². The Hall–Kier alpha value is -2.43. The third-order valence-corrected chi connectivity index (χ3v) is 5.13. The van der Waals surface area contributed by atoms with Gasteiger partial charge in [-0.2, -0.15) is 0 Å². The minimum absolute atomic E-state index is 0.0566. The van der Waals surface area contributed by atoms with E-state index in [0.717, 1.165) is 59.0 Å². The number of fused-ring (bicyclic) bond motifs is 2. The van der Waals surface area contributed by atoms with Gasteiger partial charge in [0.1, 0.15) is 0 Å². The lowest BCUT2D eigenvalue weighted by Gasteiger charge is -2.26. The van der Waals surface area contributed by atoms with E-state index < -0.39 is 0 Å². The van der Waals surface area contributed by atoms with Gasteiger partial charge in [-0.05, 0) is 57.2 Å². The maximum absolute atomic E-state index is 13.5. The van der Waals surface area contributed by atoms with Crippen LogP contribution in [0.1, 0.15) is 46.9 Å². The highest BCUT2D eigenvalue weighted by Crippen LogP contribution is 2.30. The summed E-state index contributed by atoms with van der Waals surface area (Å²) in [5.41, 5.74) is 4.86. The average Bonchev–Trinajstić information content (AvgIpc) is 2.63. The lowest BCUT2D eigenvalue weighted by molar-refractivity contribution is -0.129. The molecule has 1 aromatic heterocycles. The van der Waals surface area contributed by atoms with Crippen LogP contribution < -0.4 is 0 Å². The Morgan fingerprint density at radius 2 is 1.88 bits per heavy atom. The highest BCUT2D eigenvalue weighted by Gasteiger charge is 2.26. The van der Waals surface area contributed by atoms with Crippen molar-refractivity contribution in [3.63, 3.8) is 0 Å². The second-order valence-corrected chi connectivity index (χ2v) is 7.25. The summed E-state index contributed by atoms with van der Waals surface area (Å²) >= 11 is 0. The van der Waals surface area contributed by atoms with E-state index in [-0.39, 0.29) is 18.4 Å². The molecule has 1 aliphatic rings. The molecule has 0 saturated carbocycles. The number of amides is 2. The first-order chi connectivity index (χ1) is 12.4. The number of carbonyl (C=O) groups is 2. The highest BCUT2D eigenvalue weighted by atomic mass is 16.2. The summed E-state index contributed by atoms with van der Waals surface area (Å²) in [6, 6.07) is 6.08. The Labute approximate surface area is 155 Å². The molecule has 0 N–H and O–H groups in total. The lowest BCUT2D eigenvalue weighted by Crippen LogP contribution is -2.40. The average molecular weight is 353 g/mol. The van der Waals surface area contributed by atoms with E-state index in [4.69, 9.17) is 4.98 Å². The summed E-state index contributed by atoms with van der Waals surface area (Å²) in [7, 11) is 3.43. The molecule has 1 heterocycles. The highest BCUT2D eigenvalue weighted by molar-refractivity contribution is 6.08. The van der Waals surface area contributed by atoms with Gasteiger partial charge in [0.05, 0.1) is 17.6 Å². The van der Waals surface area contributed by atoms with Crippen molar-refractivity contribution in [1.29, 1.82) is 0 Å². The molecule has 3 rings (SSSR count). The first-order valence-corrected chi connectivity index (χ1v) is 9.34. The van der Waals surface area contributed by atoms with Crippen LogP contribution in [-0.2, 0) is 17.6 Å². The molecule has 5 nitrogen and oxygen atoms in total. The molecule has 0 aliphatic heterocycles. The van der Waals surface area contributed by atoms with Crippen LogP contribution >= 0.6 is 0 Å². The van der Waals surface area contributed by atoms with Gasteiger partial charge in [-0.3, -0.25) is 14.6 Å². The maximum atomic E-state index is 13.5. The molecule has 0 bridgehead atoms. The Kier molecular flexibility index (Phi) is 5.25. The SMILES string of the molecule is CCN(CC(=O)N(C)C)C(=O)c1c2c(nc3ccc(C)cc13)CCCC2. The molecule has 0 fully saturated rings. The number of likely N-dealkylation sites (N-methyl/N-ethyl adjacent to an activating group) is 2. The van der Waals surface area contributed by atoms with Crippen molar-refractivity contribution < 1.29 is 9.59 Å². The second-order valence-electron chi connectivity index (χ2n) is 7.25. The number of hydrogen-bond donors (Lipinski definition) is 0. The van der Waals surface area contributed by atoms with Crippen LogP contribution in [0.5, 0.6) is 0 Å². The summed E-state index contributed by atoms with van der Waals surface area (Å²) in [6.07, 6.45) is 3.99. The molecule has 0 saturated heterocycles. The van der Waals surface area contributed by atoms with Gasteiger partial charge in [0, 0.05) is 31.7 Å². The predicted octanol–water partition coefficient (Wildman–Crippen LogP) is 2.97. The van der Waals surface area contributed by atoms with Crippen molar-refractivity contribution >= 4 is 22.7 Å². The maximum Gasteiger partial charge on any atom is 0.255 e. The minimum atomic E-state index is -0.0661. The Balaban J connectivity index is 2.13. The molecular formula is C21H27N3O2. The standard InChI is InChI=1S/C21H27N3O2/c1-5-24(13-19(25)23(3)4)21(26)20-15-8-6-7-9-17(15)22-18-11-10-14(2)12-16(18)20/h10-12H,5-9,13H2,1-4H3. The van der Waals surface area contributed by atoms with Crippen molar-refractivity contribution in [2.24, 2.45) is 0 Å². The van der Waals surface area contributed by atoms with E-state index in [1.807, 2.05) is 32.0 Å². The quantitative estimate of drug-likeness (QED) is 0.849. The van der Waals surface area contributed by atoms with Gasteiger partial charge in [0.2, 0.25) is 5.91 Å². The summed E-state index contributed by atoms with van der Waals surface area (Å²) < 4.78 is 0. The number of aryl methyl sites for hydroxylation is 2. The number of carbonyl (C=O) groups excluding carboxylic acids is 2. The minimum Gasteiger partial charge on any atom is -0.347 e. The number of hydrogen-bond acceptors (Lipinski definition) is 3. The monoisotopic (exact) mass is 353 g/mol. The van der Waals surface area contributed by atoms with Gasteiger partial charge in [0.15, 0.2) is 0 Å². The molecule has 0 unspecified atom stereocenters. The van der Waals surface area contributed by atoms with Crippen molar-refractivity contribution in [2.75, 3.05) is 27.2 Å². The molecule has 138 valence electrons. The Morgan fingerprint density at radius 1 is 1.15 bits per heavy atom. The molecule has 1 aromatic carbocycles. The van der Waals surface area contributed by atoms with Crippen molar-refractivity contribution in [2.45, 2.75) is 39.5 Å². The zero-order chi connectivity index (χ0) is 18.8. The Morgan fingerprint density at radius 3 is 2.58 bits per heavy atom. The second kappa shape index (κ2) is 7.44. The summed E-state index contributed by atoms with van der Waals surface area (Å²) in [5, 5.41) is 0.909. The molecule has 0 spiro atoms. The zero-order valence-corrected chi connectivity index (χ0v) is 16.1. The van der Waals surface area contributed by atoms with E-state index in [1.165, 1.54) is 4.90 Å². The van der Waals surface area contributed by atoms with Crippen LogP contribution in [0.4, 0.5) is 0 Å². The van der Waals surface area contributed by atoms with Gasteiger partial charge in [-0.1, -0.05) is 11.6 Å². The smallest absolute Gasteiger partial charge is 0.255 e. The zero-order valence-electron chi connectivity index (χ0n) is 16.1. The molecule has 5 heteroatoms.